The highest BCUT2D eigenvalue weighted by atomic mass is 16.3. The fourth-order valence-electron chi connectivity index (χ4n) is 4.62. The van der Waals surface area contributed by atoms with Crippen LogP contribution in [0, 0.1) is 0 Å². The van der Waals surface area contributed by atoms with E-state index >= 15 is 0 Å². The number of imidazole rings is 1. The predicted octanol–water partition coefficient (Wildman–Crippen LogP) is 1.85. The molecular weight excluding hydrogens is 448 g/mol. The lowest BCUT2D eigenvalue weighted by Crippen LogP contribution is -2.42. The van der Waals surface area contributed by atoms with Gasteiger partial charge in [-0.25, -0.2) is 15.0 Å². The molecule has 0 radical (unpaired) electrons. The predicted molar refractivity (Wildman–Crippen MR) is 128 cm³/mol. The standard InChI is InChI=1S/C24H26N8O3/c1-14(33)20-21(16-5-8-30(9-6-16)24(35)15(2)34)29-23-18(12-28-32(23)22(20)25)17-3-4-19(27-11-17)31-10-7-26-13-31/h3-4,7,10-13,15-16,34H,5-6,8-9,25H2,1-2H3/t15-/m1/s1. The molecule has 35 heavy (non-hydrogen) atoms. The second kappa shape index (κ2) is 8.91. The van der Waals surface area contributed by atoms with Gasteiger partial charge in [0.25, 0.3) is 5.91 Å². The second-order valence-electron chi connectivity index (χ2n) is 8.76. The number of Topliss-reactive ketones (excluding diaryl/α,β-unsaturated/α-hetero) is 1. The summed E-state index contributed by atoms with van der Waals surface area (Å²) in [7, 11) is 0. The van der Waals surface area contributed by atoms with E-state index in [1.165, 1.54) is 18.4 Å². The summed E-state index contributed by atoms with van der Waals surface area (Å²) in [6, 6.07) is 3.81. The van der Waals surface area contributed by atoms with Gasteiger partial charge in [0.1, 0.15) is 24.1 Å². The van der Waals surface area contributed by atoms with E-state index in [9.17, 15) is 14.7 Å². The Morgan fingerprint density at radius 2 is 1.97 bits per heavy atom. The molecule has 4 aromatic rings. The van der Waals surface area contributed by atoms with Crippen LogP contribution < -0.4 is 5.73 Å². The van der Waals surface area contributed by atoms with Gasteiger partial charge in [-0.3, -0.25) is 14.2 Å². The Balaban J connectivity index is 1.53. The van der Waals surface area contributed by atoms with Crippen LogP contribution in [0.4, 0.5) is 5.82 Å². The van der Waals surface area contributed by atoms with Crippen LogP contribution in [0.3, 0.4) is 0 Å². The van der Waals surface area contributed by atoms with Crippen LogP contribution >= 0.6 is 0 Å². The zero-order valence-corrected chi connectivity index (χ0v) is 19.5. The molecule has 1 atom stereocenters. The molecule has 0 saturated carbocycles. The van der Waals surface area contributed by atoms with E-state index in [-0.39, 0.29) is 23.4 Å². The number of carbonyl (C=O) groups is 2. The van der Waals surface area contributed by atoms with Gasteiger partial charge in [0.2, 0.25) is 0 Å². The molecule has 0 aliphatic carbocycles. The third kappa shape index (κ3) is 4.03. The van der Waals surface area contributed by atoms with Crippen LogP contribution in [0.5, 0.6) is 0 Å². The van der Waals surface area contributed by atoms with E-state index in [0.29, 0.717) is 42.8 Å². The number of hydrogen-bond acceptors (Lipinski definition) is 8. The van der Waals surface area contributed by atoms with Gasteiger partial charge in [-0.2, -0.15) is 9.61 Å². The molecule has 11 nitrogen and oxygen atoms in total. The first-order valence-electron chi connectivity index (χ1n) is 11.4. The van der Waals surface area contributed by atoms with E-state index < -0.39 is 6.10 Å². The van der Waals surface area contributed by atoms with Gasteiger partial charge >= 0.3 is 0 Å². The van der Waals surface area contributed by atoms with E-state index in [1.807, 2.05) is 22.9 Å². The highest BCUT2D eigenvalue weighted by Crippen LogP contribution is 2.34. The Morgan fingerprint density at radius 3 is 2.57 bits per heavy atom. The van der Waals surface area contributed by atoms with E-state index in [1.54, 1.807) is 29.8 Å². The zero-order chi connectivity index (χ0) is 24.7. The monoisotopic (exact) mass is 474 g/mol. The first-order valence-corrected chi connectivity index (χ1v) is 11.4. The van der Waals surface area contributed by atoms with Crippen LogP contribution in [0.25, 0.3) is 22.6 Å². The van der Waals surface area contributed by atoms with Crippen molar-refractivity contribution in [1.29, 1.82) is 0 Å². The highest BCUT2D eigenvalue weighted by molar-refractivity contribution is 6.00. The lowest BCUT2D eigenvalue weighted by atomic mass is 9.89. The summed E-state index contributed by atoms with van der Waals surface area (Å²) in [5.74, 6) is 0.451. The number of carbonyl (C=O) groups excluding carboxylic acids is 2. The zero-order valence-electron chi connectivity index (χ0n) is 19.5. The quantitative estimate of drug-likeness (QED) is 0.417. The minimum Gasteiger partial charge on any atom is -0.384 e. The summed E-state index contributed by atoms with van der Waals surface area (Å²) in [5.41, 5.74) is 9.53. The van der Waals surface area contributed by atoms with Crippen molar-refractivity contribution in [1.82, 2.24) is 34.0 Å². The normalized spacial score (nSPS) is 15.5. The van der Waals surface area contributed by atoms with Crippen molar-refractivity contribution >= 4 is 23.2 Å². The van der Waals surface area contributed by atoms with Gasteiger partial charge in [-0.15, -0.1) is 0 Å². The van der Waals surface area contributed by atoms with E-state index in [2.05, 4.69) is 15.1 Å². The molecule has 4 aromatic heterocycles. The van der Waals surface area contributed by atoms with Crippen molar-refractivity contribution in [3.05, 3.63) is 54.5 Å². The fourth-order valence-corrected chi connectivity index (χ4v) is 4.62. The molecule has 11 heteroatoms. The molecule has 1 fully saturated rings. The van der Waals surface area contributed by atoms with Gasteiger partial charge in [-0.05, 0) is 38.8 Å². The Kier molecular flexibility index (Phi) is 5.77. The Labute approximate surface area is 201 Å². The highest BCUT2D eigenvalue weighted by Gasteiger charge is 2.31. The molecule has 5 rings (SSSR count). The summed E-state index contributed by atoms with van der Waals surface area (Å²) in [4.78, 5) is 39.9. The number of hydrogen-bond donors (Lipinski definition) is 2. The van der Waals surface area contributed by atoms with Crippen molar-refractivity contribution in [2.24, 2.45) is 0 Å². The van der Waals surface area contributed by atoms with Gasteiger partial charge in [0, 0.05) is 48.7 Å². The number of nitrogens with zero attached hydrogens (tertiary/aromatic N) is 7. The molecule has 180 valence electrons. The van der Waals surface area contributed by atoms with Crippen molar-refractivity contribution < 1.29 is 14.7 Å². The maximum atomic E-state index is 12.6. The number of nitrogens with two attached hydrogens (primary N) is 1. The maximum absolute atomic E-state index is 12.6. The number of amides is 1. The molecule has 1 saturated heterocycles. The minimum atomic E-state index is -1.03. The smallest absolute Gasteiger partial charge is 0.251 e. The van der Waals surface area contributed by atoms with Crippen molar-refractivity contribution in [3.63, 3.8) is 0 Å². The van der Waals surface area contributed by atoms with Crippen LogP contribution in [-0.2, 0) is 4.79 Å². The molecule has 0 aromatic carbocycles. The second-order valence-corrected chi connectivity index (χ2v) is 8.76. The van der Waals surface area contributed by atoms with Gasteiger partial charge in [0.05, 0.1) is 17.5 Å². The molecule has 0 unspecified atom stereocenters. The van der Waals surface area contributed by atoms with Gasteiger partial charge in [-0.1, -0.05) is 0 Å². The van der Waals surface area contributed by atoms with Crippen LogP contribution in [0.15, 0.2) is 43.2 Å². The first-order chi connectivity index (χ1) is 16.8. The Hall–Kier alpha value is -4.12. The van der Waals surface area contributed by atoms with Crippen molar-refractivity contribution in [2.45, 2.75) is 38.7 Å². The number of nitrogen functional groups attached to an aromatic ring is 1. The van der Waals surface area contributed by atoms with Crippen molar-refractivity contribution in [3.8, 4) is 16.9 Å². The van der Waals surface area contributed by atoms with E-state index in [4.69, 9.17) is 10.7 Å². The summed E-state index contributed by atoms with van der Waals surface area (Å²) < 4.78 is 3.30. The molecule has 1 aliphatic heterocycles. The fraction of sp³-hybridized carbons (Fsp3) is 0.333. The Bertz CT molecular complexity index is 1380. The lowest BCUT2D eigenvalue weighted by molar-refractivity contribution is -0.140. The summed E-state index contributed by atoms with van der Waals surface area (Å²) in [6.45, 7) is 3.89. The molecule has 5 heterocycles. The number of aliphatic hydroxyl groups is 1. The average Bonchev–Trinajstić information content (AvgIpc) is 3.54. The molecule has 0 bridgehead atoms. The molecule has 1 aliphatic rings. The molecule has 0 spiro atoms. The largest absolute Gasteiger partial charge is 0.384 e. The number of anilines is 1. The number of aliphatic hydroxyl groups excluding tert-OH is 1. The van der Waals surface area contributed by atoms with Crippen molar-refractivity contribution in [2.75, 3.05) is 18.8 Å². The SMILES string of the molecule is CC(=O)c1c(C2CCN(C(=O)[C@@H](C)O)CC2)nc2c(-c3ccc(-n4ccnc4)nc3)cnn2c1N. The Morgan fingerprint density at radius 1 is 1.20 bits per heavy atom. The van der Waals surface area contributed by atoms with Crippen LogP contribution in [0.2, 0.25) is 0 Å². The summed E-state index contributed by atoms with van der Waals surface area (Å²) >= 11 is 0. The number of ketones is 1. The average molecular weight is 475 g/mol. The topological polar surface area (TPSA) is 145 Å². The van der Waals surface area contributed by atoms with Crippen LogP contribution in [-0.4, -0.2) is 70.0 Å². The van der Waals surface area contributed by atoms with Gasteiger partial charge in [0.15, 0.2) is 11.4 Å². The van der Waals surface area contributed by atoms with E-state index in [0.717, 1.165) is 16.9 Å². The third-order valence-electron chi connectivity index (χ3n) is 6.44. The number of pyridine rings is 1. The molecule has 1 amide bonds. The first kappa shape index (κ1) is 22.7. The van der Waals surface area contributed by atoms with Gasteiger partial charge < -0.3 is 15.7 Å². The van der Waals surface area contributed by atoms with Crippen LogP contribution in [0.1, 0.15) is 48.7 Å². The number of piperidine rings is 1. The third-order valence-corrected chi connectivity index (χ3v) is 6.44. The summed E-state index contributed by atoms with van der Waals surface area (Å²) in [6.07, 6.45) is 8.79. The minimum absolute atomic E-state index is 0.0521. The molecule has 3 N–H and O–H groups in total. The molecular formula is C24H26N8O3. The number of rotatable bonds is 5. The lowest BCUT2D eigenvalue weighted by Gasteiger charge is -2.33. The maximum Gasteiger partial charge on any atom is 0.251 e. The summed E-state index contributed by atoms with van der Waals surface area (Å²) in [5, 5.41) is 14.0. The number of fused-ring (bicyclic) bond motifs is 1. The number of likely N-dealkylation sites (tertiary alicyclic amines) is 1. The number of aromatic nitrogens is 6.